The fourth-order valence-corrected chi connectivity index (χ4v) is 5.79. The van der Waals surface area contributed by atoms with Crippen molar-refractivity contribution in [1.82, 2.24) is 14.8 Å². The highest BCUT2D eigenvalue weighted by molar-refractivity contribution is 7.99. The van der Waals surface area contributed by atoms with Crippen LogP contribution in [-0.2, 0) is 0 Å². The van der Waals surface area contributed by atoms with Crippen molar-refractivity contribution in [3.63, 3.8) is 0 Å². The summed E-state index contributed by atoms with van der Waals surface area (Å²) in [7, 11) is 0. The highest BCUT2D eigenvalue weighted by Gasteiger charge is 2.22. The molecule has 0 N–H and O–H groups in total. The van der Waals surface area contributed by atoms with Gasteiger partial charge in [0.2, 0.25) is 0 Å². The van der Waals surface area contributed by atoms with Gasteiger partial charge >= 0.3 is 0 Å². The van der Waals surface area contributed by atoms with Crippen LogP contribution in [0.15, 0.2) is 84.0 Å². The lowest BCUT2D eigenvalue weighted by molar-refractivity contribution is 0.102. The number of halogens is 2. The molecule has 0 aliphatic rings. The number of aromatic nitrogens is 3. The minimum Gasteiger partial charge on any atom is -0.293 e. The van der Waals surface area contributed by atoms with Gasteiger partial charge in [-0.25, -0.2) is 0 Å². The molecule has 0 atom stereocenters. The number of hydrogen-bond donors (Lipinski definition) is 0. The second-order valence-corrected chi connectivity index (χ2v) is 9.75. The van der Waals surface area contributed by atoms with Gasteiger partial charge in [0.1, 0.15) is 0 Å². The Morgan fingerprint density at radius 3 is 2.38 bits per heavy atom. The average molecular weight is 496 g/mol. The molecular weight excluding hydrogens is 481 g/mol. The fraction of sp³-hybridized carbons (Fsp3) is 0.0417. The van der Waals surface area contributed by atoms with Crippen molar-refractivity contribution in [2.24, 2.45) is 0 Å². The lowest BCUT2D eigenvalue weighted by atomic mass is 10.2. The Kier molecular flexibility index (Phi) is 6.02. The van der Waals surface area contributed by atoms with E-state index < -0.39 is 0 Å². The predicted octanol–water partition coefficient (Wildman–Crippen LogP) is 7.43. The Morgan fingerprint density at radius 2 is 1.62 bits per heavy atom. The molecule has 3 aromatic carbocycles. The molecule has 0 saturated carbocycles. The maximum atomic E-state index is 12.6. The normalized spacial score (nSPS) is 11.2. The van der Waals surface area contributed by atoms with Crippen LogP contribution in [0.4, 0.5) is 0 Å². The van der Waals surface area contributed by atoms with E-state index in [2.05, 4.69) is 10.2 Å². The van der Waals surface area contributed by atoms with E-state index in [1.165, 1.54) is 11.8 Å². The molecule has 2 aromatic heterocycles. The molecule has 8 heteroatoms. The van der Waals surface area contributed by atoms with E-state index in [-0.39, 0.29) is 11.5 Å². The summed E-state index contributed by atoms with van der Waals surface area (Å²) in [6.07, 6.45) is 0. The van der Waals surface area contributed by atoms with Gasteiger partial charge < -0.3 is 0 Å². The van der Waals surface area contributed by atoms with Gasteiger partial charge in [-0.1, -0.05) is 83.5 Å². The summed E-state index contributed by atoms with van der Waals surface area (Å²) >= 11 is 15.8. The lowest BCUT2D eigenvalue weighted by Gasteiger charge is -2.10. The zero-order valence-corrected chi connectivity index (χ0v) is 19.7. The highest BCUT2D eigenvalue weighted by Crippen LogP contribution is 2.42. The Labute approximate surface area is 202 Å². The van der Waals surface area contributed by atoms with Crippen LogP contribution in [0, 0.1) is 0 Å². The number of carbonyl (C=O) groups is 1. The van der Waals surface area contributed by atoms with Gasteiger partial charge in [-0.2, -0.15) is 0 Å². The van der Waals surface area contributed by atoms with Gasteiger partial charge in [0.25, 0.3) is 0 Å². The molecule has 0 aliphatic heterocycles. The molecule has 0 unspecified atom stereocenters. The molecule has 0 amide bonds. The van der Waals surface area contributed by atoms with E-state index in [1.807, 2.05) is 83.4 Å². The van der Waals surface area contributed by atoms with Crippen LogP contribution >= 0.6 is 46.3 Å². The smallest absolute Gasteiger partial charge is 0.196 e. The Hall–Kier alpha value is -2.64. The van der Waals surface area contributed by atoms with Crippen molar-refractivity contribution in [2.45, 2.75) is 5.16 Å². The Morgan fingerprint density at radius 1 is 0.906 bits per heavy atom. The molecule has 0 aliphatic carbocycles. The minimum absolute atomic E-state index is 0.0303. The van der Waals surface area contributed by atoms with Crippen LogP contribution < -0.4 is 0 Å². The Balaban J connectivity index is 1.57. The molecule has 0 bridgehead atoms. The van der Waals surface area contributed by atoms with Gasteiger partial charge in [0, 0.05) is 26.4 Å². The third-order valence-corrected chi connectivity index (χ3v) is 7.74. The van der Waals surface area contributed by atoms with Crippen molar-refractivity contribution in [3.05, 3.63) is 94.5 Å². The molecule has 0 radical (unpaired) electrons. The van der Waals surface area contributed by atoms with Crippen LogP contribution in [0.1, 0.15) is 10.4 Å². The van der Waals surface area contributed by atoms with Crippen molar-refractivity contribution in [1.29, 1.82) is 0 Å². The largest absolute Gasteiger partial charge is 0.293 e. The molecule has 0 spiro atoms. The number of nitrogens with zero attached hydrogens (tertiary/aromatic N) is 3. The molecule has 0 saturated heterocycles. The number of thioether (sulfide) groups is 1. The first-order valence-electron chi connectivity index (χ1n) is 9.71. The van der Waals surface area contributed by atoms with Gasteiger partial charge in [-0.3, -0.25) is 9.36 Å². The minimum atomic E-state index is 0.0303. The van der Waals surface area contributed by atoms with E-state index in [0.29, 0.717) is 26.6 Å². The van der Waals surface area contributed by atoms with E-state index in [1.54, 1.807) is 11.3 Å². The van der Waals surface area contributed by atoms with Gasteiger partial charge in [-0.05, 0) is 30.3 Å². The summed E-state index contributed by atoms with van der Waals surface area (Å²) in [4.78, 5) is 13.5. The second-order valence-electron chi connectivity index (χ2n) is 6.94. The third-order valence-electron chi connectivity index (χ3n) is 4.88. The maximum absolute atomic E-state index is 12.6. The summed E-state index contributed by atoms with van der Waals surface area (Å²) in [5.74, 6) is 0.909. The number of thiophene rings is 1. The quantitative estimate of drug-likeness (QED) is 0.181. The molecule has 5 aromatic rings. The molecule has 0 fully saturated rings. The lowest BCUT2D eigenvalue weighted by Crippen LogP contribution is -2.04. The van der Waals surface area contributed by atoms with Crippen LogP contribution in [0.5, 0.6) is 0 Å². The standard InChI is InChI=1S/C24H15Cl2N3OS2/c25-16-10-12-17(13-11-16)29-23(22-21(26)18-8-4-5-9-20(18)32-22)27-28-24(29)31-14-19(30)15-6-2-1-3-7-15/h1-13H,14H2. The van der Waals surface area contributed by atoms with Gasteiger partial charge in [0.15, 0.2) is 16.8 Å². The number of carbonyl (C=O) groups excluding carboxylic acids is 1. The first kappa shape index (κ1) is 21.2. The zero-order valence-electron chi connectivity index (χ0n) is 16.5. The number of rotatable bonds is 6. The fourth-order valence-electron chi connectivity index (χ4n) is 3.33. The van der Waals surface area contributed by atoms with E-state index in [9.17, 15) is 4.79 Å². The molecule has 5 rings (SSSR count). The van der Waals surface area contributed by atoms with Gasteiger partial charge in [-0.15, -0.1) is 21.5 Å². The second kappa shape index (κ2) is 9.08. The highest BCUT2D eigenvalue weighted by atomic mass is 35.5. The number of benzene rings is 3. The zero-order chi connectivity index (χ0) is 22.1. The number of hydrogen-bond acceptors (Lipinski definition) is 5. The number of Topliss-reactive ketones (excluding diaryl/α,β-unsaturated/α-hetero) is 1. The van der Waals surface area contributed by atoms with Crippen molar-refractivity contribution >= 4 is 62.2 Å². The van der Waals surface area contributed by atoms with Gasteiger partial charge in [0.05, 0.1) is 15.7 Å². The van der Waals surface area contributed by atoms with Crippen molar-refractivity contribution in [3.8, 4) is 16.4 Å². The van der Waals surface area contributed by atoms with Crippen molar-refractivity contribution < 1.29 is 4.79 Å². The molecule has 4 nitrogen and oxygen atoms in total. The summed E-state index contributed by atoms with van der Waals surface area (Å²) in [6, 6.07) is 24.6. The summed E-state index contributed by atoms with van der Waals surface area (Å²) in [5.41, 5.74) is 1.52. The molecule has 32 heavy (non-hydrogen) atoms. The van der Waals surface area contributed by atoms with E-state index in [4.69, 9.17) is 23.2 Å². The summed E-state index contributed by atoms with van der Waals surface area (Å²) < 4.78 is 3.00. The van der Waals surface area contributed by atoms with Crippen LogP contribution in [0.3, 0.4) is 0 Å². The molecular formula is C24H15Cl2N3OS2. The predicted molar refractivity (Wildman–Crippen MR) is 134 cm³/mol. The average Bonchev–Trinajstić information content (AvgIpc) is 3.39. The summed E-state index contributed by atoms with van der Waals surface area (Å²) in [6.45, 7) is 0. The monoisotopic (exact) mass is 495 g/mol. The number of fused-ring (bicyclic) bond motifs is 1. The van der Waals surface area contributed by atoms with Crippen LogP contribution in [0.2, 0.25) is 10.0 Å². The number of ketones is 1. The van der Waals surface area contributed by atoms with Crippen LogP contribution in [0.25, 0.3) is 26.5 Å². The topological polar surface area (TPSA) is 47.8 Å². The Bertz CT molecular complexity index is 1410. The summed E-state index contributed by atoms with van der Waals surface area (Å²) in [5, 5.41) is 11.7. The first-order chi connectivity index (χ1) is 15.6. The van der Waals surface area contributed by atoms with E-state index in [0.717, 1.165) is 20.7 Å². The SMILES string of the molecule is O=C(CSc1nnc(-c2sc3ccccc3c2Cl)n1-c1ccc(Cl)cc1)c1ccccc1. The van der Waals surface area contributed by atoms with Crippen molar-refractivity contribution in [2.75, 3.05) is 5.75 Å². The third kappa shape index (κ3) is 4.07. The van der Waals surface area contributed by atoms with Crippen LogP contribution in [-0.4, -0.2) is 26.3 Å². The maximum Gasteiger partial charge on any atom is 0.196 e. The first-order valence-corrected chi connectivity index (χ1v) is 12.3. The molecule has 158 valence electrons. The molecule has 2 heterocycles. The van der Waals surface area contributed by atoms with E-state index >= 15 is 0 Å².